The van der Waals surface area contributed by atoms with E-state index in [2.05, 4.69) is 15.6 Å². The van der Waals surface area contributed by atoms with Crippen molar-refractivity contribution in [2.75, 3.05) is 32.6 Å². The van der Waals surface area contributed by atoms with Gasteiger partial charge in [0.15, 0.2) is 5.82 Å². The van der Waals surface area contributed by atoms with E-state index >= 15 is 0 Å². The average molecular weight is 551 g/mol. The maximum atomic E-state index is 13.2. The van der Waals surface area contributed by atoms with Crippen LogP contribution in [0.15, 0.2) is 67.1 Å². The second-order valence-corrected chi connectivity index (χ2v) is 10.1. The van der Waals surface area contributed by atoms with Gasteiger partial charge < -0.3 is 35.3 Å². The zero-order chi connectivity index (χ0) is 29.3. The van der Waals surface area contributed by atoms with Crippen molar-refractivity contribution in [2.45, 2.75) is 45.0 Å². The molecule has 0 aliphatic carbocycles. The zero-order valence-electron chi connectivity index (χ0n) is 23.6. The third-order valence-corrected chi connectivity index (χ3v) is 5.94. The zero-order valence-corrected chi connectivity index (χ0v) is 23.6. The van der Waals surface area contributed by atoms with Gasteiger partial charge in [-0.25, -0.2) is 4.98 Å². The quantitative estimate of drug-likeness (QED) is 0.297. The summed E-state index contributed by atoms with van der Waals surface area (Å²) in [6.07, 6.45) is 3.04. The van der Waals surface area contributed by atoms with Gasteiger partial charge in [-0.2, -0.15) is 0 Å². The summed E-state index contributed by atoms with van der Waals surface area (Å²) in [4.78, 5) is 44.7. The molecule has 0 bridgehead atoms. The summed E-state index contributed by atoms with van der Waals surface area (Å²) in [6, 6.07) is 15.0. The van der Waals surface area contributed by atoms with Gasteiger partial charge in [0.1, 0.15) is 17.8 Å². The lowest BCUT2D eigenvalue weighted by atomic mass is 10.1. The summed E-state index contributed by atoms with van der Waals surface area (Å²) >= 11 is 0. The molecular formula is C29H38N6O5. The van der Waals surface area contributed by atoms with Crippen LogP contribution in [0, 0.1) is 0 Å². The molecule has 11 nitrogen and oxygen atoms in total. The molecule has 0 radical (unpaired) electrons. The predicted octanol–water partition coefficient (Wildman–Crippen LogP) is 2.34. The molecule has 0 saturated heterocycles. The first-order chi connectivity index (χ1) is 19.0. The molecule has 0 fully saturated rings. The average Bonchev–Trinajstić information content (AvgIpc) is 3.36. The highest BCUT2D eigenvalue weighted by Crippen LogP contribution is 2.24. The van der Waals surface area contributed by atoms with Crippen molar-refractivity contribution >= 4 is 23.5 Å². The first-order valence-electron chi connectivity index (χ1n) is 13.0. The molecule has 11 heteroatoms. The van der Waals surface area contributed by atoms with Crippen LogP contribution in [-0.4, -0.2) is 71.1 Å². The van der Waals surface area contributed by atoms with Gasteiger partial charge in [-0.3, -0.25) is 14.4 Å². The minimum absolute atomic E-state index is 0.0861. The van der Waals surface area contributed by atoms with E-state index in [1.54, 1.807) is 50.8 Å². The summed E-state index contributed by atoms with van der Waals surface area (Å²) in [5.74, 6) is -0.309. The number of rotatable bonds is 13. The summed E-state index contributed by atoms with van der Waals surface area (Å²) < 4.78 is 12.9. The maximum absolute atomic E-state index is 13.2. The van der Waals surface area contributed by atoms with Gasteiger partial charge in [0, 0.05) is 20.3 Å². The highest BCUT2D eigenvalue weighted by molar-refractivity contribution is 5.98. The largest absolute Gasteiger partial charge is 0.494 e. The molecule has 3 aromatic rings. The highest BCUT2D eigenvalue weighted by Gasteiger charge is 2.29. The molecule has 1 aromatic heterocycles. The molecule has 0 spiro atoms. The third-order valence-electron chi connectivity index (χ3n) is 5.94. The number of likely N-dealkylation sites (N-methyl/N-ethyl adjacent to an activating group) is 1. The second-order valence-electron chi connectivity index (χ2n) is 10.1. The third kappa shape index (κ3) is 8.39. The fraction of sp³-hybridized carbons (Fsp3) is 0.379. The first-order valence-corrected chi connectivity index (χ1v) is 13.0. The van der Waals surface area contributed by atoms with Crippen LogP contribution in [-0.2, 0) is 25.7 Å². The molecule has 2 aromatic carbocycles. The van der Waals surface area contributed by atoms with E-state index < -0.39 is 29.4 Å². The first kappa shape index (κ1) is 30.3. The van der Waals surface area contributed by atoms with Crippen LogP contribution in [0.1, 0.15) is 37.9 Å². The van der Waals surface area contributed by atoms with Crippen LogP contribution in [0.2, 0.25) is 0 Å². The van der Waals surface area contributed by atoms with Crippen molar-refractivity contribution in [1.82, 2.24) is 19.8 Å². The summed E-state index contributed by atoms with van der Waals surface area (Å²) in [5.41, 5.74) is 6.38. The minimum Gasteiger partial charge on any atom is -0.494 e. The molecular weight excluding hydrogens is 512 g/mol. The Morgan fingerprint density at radius 2 is 1.75 bits per heavy atom. The van der Waals surface area contributed by atoms with Crippen LogP contribution >= 0.6 is 0 Å². The Balaban J connectivity index is 1.77. The number of imidazole rings is 1. The fourth-order valence-electron chi connectivity index (χ4n) is 3.75. The monoisotopic (exact) mass is 550 g/mol. The number of aromatic nitrogens is 2. The van der Waals surface area contributed by atoms with E-state index in [1.165, 1.54) is 11.2 Å². The molecule has 3 amide bonds. The molecule has 214 valence electrons. The van der Waals surface area contributed by atoms with Gasteiger partial charge >= 0.3 is 0 Å². The van der Waals surface area contributed by atoms with E-state index in [4.69, 9.17) is 15.2 Å². The number of hydrogen-bond donors (Lipinski definition) is 3. The lowest BCUT2D eigenvalue weighted by molar-refractivity contribution is -0.131. The van der Waals surface area contributed by atoms with Crippen molar-refractivity contribution in [3.8, 4) is 5.75 Å². The number of carbonyl (C=O) groups excluding carboxylic acids is 3. The topological polar surface area (TPSA) is 141 Å². The number of carbonyl (C=O) groups is 3. The normalized spacial score (nSPS) is 12.8. The number of nitrogens with zero attached hydrogens (tertiary/aromatic N) is 3. The SMILES string of the molecule is CCOc1ccc(C(C(=O)N(C)C)n2cnc(NC(=O)[C@@H](COCc3ccccc3)NC(=O)C(C)(C)N)c2)cc1. The lowest BCUT2D eigenvalue weighted by Crippen LogP contribution is -2.56. The Morgan fingerprint density at radius 1 is 1.07 bits per heavy atom. The van der Waals surface area contributed by atoms with Gasteiger partial charge in [0.05, 0.1) is 31.7 Å². The minimum atomic E-state index is -1.20. The standard InChI is InChI=1S/C29H38N6O5/c1-6-40-22-14-12-21(13-15-22)25(27(37)34(4)5)35-16-24(31-19-35)33-26(36)23(32-28(38)29(2,3)30)18-39-17-20-10-8-7-9-11-20/h7-16,19,23,25H,6,17-18,30H2,1-5H3,(H,32,38)(H,33,36)/t23-,25?/m1/s1. The van der Waals surface area contributed by atoms with Crippen LogP contribution in [0.3, 0.4) is 0 Å². The maximum Gasteiger partial charge on any atom is 0.250 e. The van der Waals surface area contributed by atoms with Crippen molar-refractivity contribution < 1.29 is 23.9 Å². The van der Waals surface area contributed by atoms with Gasteiger partial charge in [0.2, 0.25) is 11.8 Å². The van der Waals surface area contributed by atoms with Crippen molar-refractivity contribution in [2.24, 2.45) is 5.73 Å². The fourth-order valence-corrected chi connectivity index (χ4v) is 3.75. The van der Waals surface area contributed by atoms with Gasteiger partial charge in [-0.15, -0.1) is 0 Å². The molecule has 1 heterocycles. The number of benzene rings is 2. The molecule has 40 heavy (non-hydrogen) atoms. The van der Waals surface area contributed by atoms with Crippen LogP contribution in [0.4, 0.5) is 5.82 Å². The highest BCUT2D eigenvalue weighted by atomic mass is 16.5. The predicted molar refractivity (Wildman–Crippen MR) is 152 cm³/mol. The van der Waals surface area contributed by atoms with E-state index in [-0.39, 0.29) is 24.9 Å². The Labute approximate surface area is 234 Å². The van der Waals surface area contributed by atoms with Crippen molar-refractivity contribution in [3.05, 3.63) is 78.2 Å². The molecule has 0 saturated carbocycles. The van der Waals surface area contributed by atoms with Crippen molar-refractivity contribution in [3.63, 3.8) is 0 Å². The molecule has 0 aliphatic rings. The van der Waals surface area contributed by atoms with E-state index in [1.807, 2.05) is 49.4 Å². The molecule has 3 rings (SSSR count). The summed E-state index contributed by atoms with van der Waals surface area (Å²) in [7, 11) is 3.34. The Hall–Kier alpha value is -4.22. The Kier molecular flexibility index (Phi) is 10.4. The van der Waals surface area contributed by atoms with Crippen molar-refractivity contribution in [1.29, 1.82) is 0 Å². The van der Waals surface area contributed by atoms with Gasteiger partial charge in [-0.05, 0) is 44.0 Å². The number of nitrogens with one attached hydrogen (secondary N) is 2. The van der Waals surface area contributed by atoms with Crippen LogP contribution < -0.4 is 21.1 Å². The number of anilines is 1. The van der Waals surface area contributed by atoms with Gasteiger partial charge in [0.25, 0.3) is 5.91 Å². The van der Waals surface area contributed by atoms with Crippen LogP contribution in [0.25, 0.3) is 0 Å². The number of amides is 3. The Bertz CT molecular complexity index is 1270. The second kappa shape index (κ2) is 13.7. The molecule has 2 atom stereocenters. The molecule has 4 N–H and O–H groups in total. The van der Waals surface area contributed by atoms with E-state index in [9.17, 15) is 14.4 Å². The van der Waals surface area contributed by atoms with Crippen LogP contribution in [0.5, 0.6) is 5.75 Å². The number of nitrogens with two attached hydrogens (primary N) is 1. The Morgan fingerprint density at radius 3 is 2.35 bits per heavy atom. The van der Waals surface area contributed by atoms with E-state index in [0.717, 1.165) is 11.1 Å². The summed E-state index contributed by atoms with van der Waals surface area (Å²) in [5, 5.41) is 5.38. The molecule has 0 aliphatic heterocycles. The number of hydrogen-bond acceptors (Lipinski definition) is 7. The van der Waals surface area contributed by atoms with E-state index in [0.29, 0.717) is 12.4 Å². The molecule has 1 unspecified atom stereocenters. The summed E-state index contributed by atoms with van der Waals surface area (Å²) in [6.45, 7) is 5.70. The van der Waals surface area contributed by atoms with Gasteiger partial charge in [-0.1, -0.05) is 42.5 Å². The number of ether oxygens (including phenoxy) is 2. The smallest absolute Gasteiger partial charge is 0.250 e. The lowest BCUT2D eigenvalue weighted by Gasteiger charge is -2.23.